The predicted octanol–water partition coefficient (Wildman–Crippen LogP) is 4.25. The third-order valence-corrected chi connectivity index (χ3v) is 3.41. The third kappa shape index (κ3) is 3.45. The molecule has 0 bridgehead atoms. The van der Waals surface area contributed by atoms with Crippen LogP contribution in [0.4, 0.5) is 31.9 Å². The van der Waals surface area contributed by atoms with Gasteiger partial charge in [-0.05, 0) is 43.2 Å². The van der Waals surface area contributed by atoms with E-state index in [1.807, 2.05) is 32.0 Å². The first kappa shape index (κ1) is 15.8. The Balaban J connectivity index is 1.86. The van der Waals surface area contributed by atoms with Crippen molar-refractivity contribution in [3.8, 4) is 0 Å². The van der Waals surface area contributed by atoms with E-state index in [1.54, 1.807) is 0 Å². The van der Waals surface area contributed by atoms with E-state index in [2.05, 4.69) is 25.8 Å². The van der Waals surface area contributed by atoms with Crippen molar-refractivity contribution in [2.24, 2.45) is 0 Å². The number of nitrogens with one attached hydrogen (secondary N) is 2. The highest BCUT2D eigenvalue weighted by Gasteiger charge is 2.10. The Morgan fingerprint density at radius 1 is 0.958 bits per heavy atom. The van der Waals surface area contributed by atoms with Crippen molar-refractivity contribution in [2.45, 2.75) is 13.8 Å². The Morgan fingerprint density at radius 2 is 1.71 bits per heavy atom. The normalized spacial score (nSPS) is 10.5. The summed E-state index contributed by atoms with van der Waals surface area (Å²) in [6, 6.07) is 9.54. The van der Waals surface area contributed by atoms with E-state index in [-0.39, 0.29) is 17.5 Å². The van der Waals surface area contributed by atoms with Crippen molar-refractivity contribution >= 4 is 23.1 Å². The van der Waals surface area contributed by atoms with Crippen molar-refractivity contribution < 1.29 is 8.78 Å². The van der Waals surface area contributed by atoms with Gasteiger partial charge in [0.15, 0.2) is 5.82 Å². The number of hydrogen-bond donors (Lipinski definition) is 2. The molecule has 0 spiro atoms. The Bertz CT molecular complexity index is 862. The maximum absolute atomic E-state index is 13.7. The van der Waals surface area contributed by atoms with Crippen LogP contribution in [0.5, 0.6) is 0 Å². The highest BCUT2D eigenvalue weighted by molar-refractivity contribution is 5.62. The highest BCUT2D eigenvalue weighted by atomic mass is 19.1. The third-order valence-electron chi connectivity index (χ3n) is 3.41. The molecule has 122 valence electrons. The minimum Gasteiger partial charge on any atom is -0.334 e. The maximum atomic E-state index is 13.7. The van der Waals surface area contributed by atoms with Crippen molar-refractivity contribution in [1.29, 1.82) is 0 Å². The van der Waals surface area contributed by atoms with Crippen molar-refractivity contribution in [3.05, 3.63) is 65.4 Å². The molecule has 24 heavy (non-hydrogen) atoms. The number of aromatic nitrogens is 3. The molecule has 1 heterocycles. The van der Waals surface area contributed by atoms with Crippen molar-refractivity contribution in [3.63, 3.8) is 0 Å². The van der Waals surface area contributed by atoms with Crippen LogP contribution in [0.2, 0.25) is 0 Å². The SMILES string of the molecule is Cc1ccc(C)c(Nc2nncc(Nc3c(F)cccc3F)n2)c1. The van der Waals surface area contributed by atoms with Gasteiger partial charge in [0.1, 0.15) is 17.3 Å². The van der Waals surface area contributed by atoms with Gasteiger partial charge in [0.25, 0.3) is 0 Å². The summed E-state index contributed by atoms with van der Waals surface area (Å²) < 4.78 is 27.4. The number of para-hydroxylation sites is 1. The Hall–Kier alpha value is -3.09. The number of anilines is 4. The molecule has 0 unspecified atom stereocenters. The van der Waals surface area contributed by atoms with Crippen LogP contribution >= 0.6 is 0 Å². The molecule has 0 atom stereocenters. The number of nitrogens with zero attached hydrogens (tertiary/aromatic N) is 3. The van der Waals surface area contributed by atoms with Gasteiger partial charge in [-0.25, -0.2) is 8.78 Å². The van der Waals surface area contributed by atoms with Gasteiger partial charge in [0.05, 0.1) is 6.20 Å². The fourth-order valence-corrected chi connectivity index (χ4v) is 2.15. The standard InChI is InChI=1S/C17H15F2N5/c1-10-6-7-11(2)14(8-10)21-17-23-15(9-20-24-17)22-16-12(18)4-3-5-13(16)19/h3-9H,1-2H3,(H2,21,22,23,24). The fraction of sp³-hybridized carbons (Fsp3) is 0.118. The van der Waals surface area contributed by atoms with Gasteiger partial charge in [-0.2, -0.15) is 10.1 Å². The number of benzene rings is 2. The molecule has 0 amide bonds. The first-order chi connectivity index (χ1) is 11.5. The molecule has 3 rings (SSSR count). The van der Waals surface area contributed by atoms with Gasteiger partial charge in [-0.1, -0.05) is 18.2 Å². The van der Waals surface area contributed by atoms with Gasteiger partial charge in [0, 0.05) is 5.69 Å². The summed E-state index contributed by atoms with van der Waals surface area (Å²) >= 11 is 0. The van der Waals surface area contributed by atoms with Crippen LogP contribution in [-0.4, -0.2) is 15.2 Å². The predicted molar refractivity (Wildman–Crippen MR) is 88.7 cm³/mol. The summed E-state index contributed by atoms with van der Waals surface area (Å²) in [4.78, 5) is 4.19. The van der Waals surface area contributed by atoms with Gasteiger partial charge in [-0.3, -0.25) is 0 Å². The number of rotatable bonds is 4. The summed E-state index contributed by atoms with van der Waals surface area (Å²) in [5.41, 5.74) is 2.66. The van der Waals surface area contributed by atoms with E-state index >= 15 is 0 Å². The van der Waals surface area contributed by atoms with Crippen molar-refractivity contribution in [1.82, 2.24) is 15.2 Å². The van der Waals surface area contributed by atoms with Gasteiger partial charge < -0.3 is 10.6 Å². The molecule has 7 heteroatoms. The first-order valence-electron chi connectivity index (χ1n) is 7.28. The zero-order valence-electron chi connectivity index (χ0n) is 13.1. The molecule has 2 aromatic carbocycles. The number of hydrogen-bond acceptors (Lipinski definition) is 5. The fourth-order valence-electron chi connectivity index (χ4n) is 2.15. The summed E-state index contributed by atoms with van der Waals surface area (Å²) in [5, 5.41) is 13.3. The zero-order chi connectivity index (χ0) is 17.1. The van der Waals surface area contributed by atoms with Gasteiger partial charge in [0.2, 0.25) is 5.95 Å². The van der Waals surface area contributed by atoms with Gasteiger partial charge >= 0.3 is 0 Å². The Morgan fingerprint density at radius 3 is 2.46 bits per heavy atom. The molecule has 0 saturated carbocycles. The Labute approximate surface area is 137 Å². The second-order valence-electron chi connectivity index (χ2n) is 5.33. The summed E-state index contributed by atoms with van der Waals surface area (Å²) in [6.45, 7) is 3.93. The summed E-state index contributed by atoms with van der Waals surface area (Å²) in [7, 11) is 0. The molecular weight excluding hydrogens is 312 g/mol. The van der Waals surface area contributed by atoms with E-state index in [9.17, 15) is 8.78 Å². The maximum Gasteiger partial charge on any atom is 0.249 e. The second kappa shape index (κ2) is 6.57. The summed E-state index contributed by atoms with van der Waals surface area (Å²) in [5.74, 6) is -1.01. The Kier molecular flexibility index (Phi) is 4.33. The number of halogens is 2. The lowest BCUT2D eigenvalue weighted by Gasteiger charge is -2.11. The molecule has 0 aliphatic carbocycles. The topological polar surface area (TPSA) is 62.7 Å². The first-order valence-corrected chi connectivity index (χ1v) is 7.28. The minimum absolute atomic E-state index is 0.182. The van der Waals surface area contributed by atoms with Crippen LogP contribution in [0.1, 0.15) is 11.1 Å². The summed E-state index contributed by atoms with van der Waals surface area (Å²) in [6.07, 6.45) is 1.29. The molecule has 0 aliphatic heterocycles. The van der Waals surface area contributed by atoms with E-state index in [4.69, 9.17) is 0 Å². The van der Waals surface area contributed by atoms with E-state index in [0.29, 0.717) is 0 Å². The van der Waals surface area contributed by atoms with Crippen LogP contribution < -0.4 is 10.6 Å². The van der Waals surface area contributed by atoms with Crippen LogP contribution in [0.3, 0.4) is 0 Å². The van der Waals surface area contributed by atoms with E-state index in [1.165, 1.54) is 12.3 Å². The van der Waals surface area contributed by atoms with Crippen molar-refractivity contribution in [2.75, 3.05) is 10.6 Å². The molecule has 0 radical (unpaired) electrons. The lowest BCUT2D eigenvalue weighted by atomic mass is 10.1. The molecule has 0 fully saturated rings. The average Bonchev–Trinajstić information content (AvgIpc) is 2.55. The minimum atomic E-state index is -0.711. The van der Waals surface area contributed by atoms with E-state index < -0.39 is 11.6 Å². The molecule has 1 aromatic heterocycles. The van der Waals surface area contributed by atoms with Crippen LogP contribution in [0.25, 0.3) is 0 Å². The zero-order valence-corrected chi connectivity index (χ0v) is 13.1. The van der Waals surface area contributed by atoms with Crippen LogP contribution in [0.15, 0.2) is 42.6 Å². The quantitative estimate of drug-likeness (QED) is 0.750. The number of aryl methyl sites for hydroxylation is 2. The lowest BCUT2D eigenvalue weighted by molar-refractivity contribution is 0.590. The molecule has 5 nitrogen and oxygen atoms in total. The molecule has 2 N–H and O–H groups in total. The van der Waals surface area contributed by atoms with Crippen LogP contribution in [0, 0.1) is 25.5 Å². The second-order valence-corrected chi connectivity index (χ2v) is 5.33. The van der Waals surface area contributed by atoms with Gasteiger partial charge in [-0.15, -0.1) is 5.10 Å². The van der Waals surface area contributed by atoms with E-state index in [0.717, 1.165) is 28.9 Å². The average molecular weight is 327 g/mol. The molecule has 0 saturated heterocycles. The highest BCUT2D eigenvalue weighted by Crippen LogP contribution is 2.23. The lowest BCUT2D eigenvalue weighted by Crippen LogP contribution is -2.05. The smallest absolute Gasteiger partial charge is 0.249 e. The molecule has 0 aliphatic rings. The molecule has 3 aromatic rings. The van der Waals surface area contributed by atoms with Crippen LogP contribution in [-0.2, 0) is 0 Å². The largest absolute Gasteiger partial charge is 0.334 e. The molecular formula is C17H15F2N5. The monoisotopic (exact) mass is 327 g/mol.